The van der Waals surface area contributed by atoms with Crippen LogP contribution in [0.1, 0.15) is 13.8 Å². The summed E-state index contributed by atoms with van der Waals surface area (Å²) in [5, 5.41) is 3.02. The zero-order valence-corrected chi connectivity index (χ0v) is 14.6. The topological polar surface area (TPSA) is 88.2 Å². The summed E-state index contributed by atoms with van der Waals surface area (Å²) in [6.07, 6.45) is 0. The Kier molecular flexibility index (Phi) is 6.73. The molecule has 0 unspecified atom stereocenters. The van der Waals surface area contributed by atoms with Crippen LogP contribution in [0, 0.1) is 5.92 Å². The number of aromatic nitrogens is 2. The summed E-state index contributed by atoms with van der Waals surface area (Å²) in [4.78, 5) is 18.9. The van der Waals surface area contributed by atoms with Crippen LogP contribution in [0.25, 0.3) is 11.0 Å². The second kappa shape index (κ2) is 8.06. The van der Waals surface area contributed by atoms with Crippen LogP contribution in [-0.2, 0) is 6.54 Å². The van der Waals surface area contributed by atoms with Crippen LogP contribution in [-0.4, -0.2) is 28.6 Å². The number of halogens is 1. The summed E-state index contributed by atoms with van der Waals surface area (Å²) < 4.78 is 1.69. The quantitative estimate of drug-likeness (QED) is 0.402. The third kappa shape index (κ3) is 4.76. The third-order valence-corrected chi connectivity index (χ3v) is 2.95. The molecule has 0 aliphatic rings. The molecule has 2 aromatic rings. The normalized spacial score (nSPS) is 11.7. The molecule has 0 saturated heterocycles. The van der Waals surface area contributed by atoms with Gasteiger partial charge < -0.3 is 16.0 Å². The van der Waals surface area contributed by atoms with E-state index >= 15 is 0 Å². The molecule has 1 heterocycles. The first-order chi connectivity index (χ1) is 9.58. The van der Waals surface area contributed by atoms with Crippen LogP contribution in [0.15, 0.2) is 34.1 Å². The van der Waals surface area contributed by atoms with Crippen molar-refractivity contribution in [1.29, 1.82) is 0 Å². The zero-order valence-electron chi connectivity index (χ0n) is 12.3. The van der Waals surface area contributed by atoms with E-state index in [0.29, 0.717) is 31.5 Å². The maximum absolute atomic E-state index is 11.8. The first-order valence-electron chi connectivity index (χ1n) is 6.79. The van der Waals surface area contributed by atoms with E-state index in [2.05, 4.69) is 29.1 Å². The van der Waals surface area contributed by atoms with Gasteiger partial charge in [0.25, 0.3) is 0 Å². The third-order valence-electron chi connectivity index (χ3n) is 2.95. The fraction of sp³-hybridized carbons (Fsp3) is 0.429. The molecular weight excluding hydrogens is 381 g/mol. The molecule has 1 aromatic heterocycles. The number of imidazole rings is 1. The van der Waals surface area contributed by atoms with Crippen molar-refractivity contribution >= 4 is 41.0 Å². The number of nitrogens with zero attached hydrogens (tertiary/aromatic N) is 2. The van der Waals surface area contributed by atoms with E-state index in [1.165, 1.54) is 0 Å². The highest BCUT2D eigenvalue weighted by molar-refractivity contribution is 14.0. The monoisotopic (exact) mass is 403 g/mol. The molecule has 0 bridgehead atoms. The van der Waals surface area contributed by atoms with E-state index in [1.807, 2.05) is 24.3 Å². The second-order valence-electron chi connectivity index (χ2n) is 5.15. The predicted molar refractivity (Wildman–Crippen MR) is 97.3 cm³/mol. The van der Waals surface area contributed by atoms with Crippen LogP contribution in [0.5, 0.6) is 0 Å². The Labute approximate surface area is 140 Å². The van der Waals surface area contributed by atoms with Gasteiger partial charge in [-0.1, -0.05) is 26.0 Å². The van der Waals surface area contributed by atoms with Crippen LogP contribution in [0.3, 0.4) is 0 Å². The van der Waals surface area contributed by atoms with Gasteiger partial charge >= 0.3 is 5.69 Å². The summed E-state index contributed by atoms with van der Waals surface area (Å²) in [6, 6.07) is 7.62. The lowest BCUT2D eigenvalue weighted by molar-refractivity contribution is 0.648. The van der Waals surface area contributed by atoms with Crippen molar-refractivity contribution in [2.75, 3.05) is 13.1 Å². The molecule has 0 aliphatic carbocycles. The molecule has 6 nitrogen and oxygen atoms in total. The molecule has 0 aliphatic heterocycles. The standard InChI is InChI=1S/C14H21N5O.HI/c1-10(2)9-17-13(15)16-7-8-19-12-6-4-3-5-11(12)18-14(19)20;/h3-6,10H,7-9H2,1-2H3,(H,18,20)(H3,15,16,17);1H. The predicted octanol–water partition coefficient (Wildman–Crippen LogP) is 1.51. The van der Waals surface area contributed by atoms with E-state index in [9.17, 15) is 4.79 Å². The minimum atomic E-state index is -0.106. The molecule has 7 heteroatoms. The van der Waals surface area contributed by atoms with Gasteiger partial charge in [-0.05, 0) is 18.1 Å². The molecule has 0 atom stereocenters. The lowest BCUT2D eigenvalue weighted by Crippen LogP contribution is -2.35. The summed E-state index contributed by atoms with van der Waals surface area (Å²) in [5.74, 6) is 0.901. The Bertz CT molecular complexity index is 659. The highest BCUT2D eigenvalue weighted by Crippen LogP contribution is 2.08. The Morgan fingerprint density at radius 1 is 1.43 bits per heavy atom. The van der Waals surface area contributed by atoms with E-state index < -0.39 is 0 Å². The van der Waals surface area contributed by atoms with Gasteiger partial charge in [0.2, 0.25) is 0 Å². The molecular formula is C14H22IN5O. The number of hydrogen-bond acceptors (Lipinski definition) is 2. The van der Waals surface area contributed by atoms with Crippen LogP contribution in [0.2, 0.25) is 0 Å². The Hall–Kier alpha value is -1.51. The molecule has 0 radical (unpaired) electrons. The summed E-state index contributed by atoms with van der Waals surface area (Å²) in [6.45, 7) is 5.98. The van der Waals surface area contributed by atoms with Gasteiger partial charge in [-0.25, -0.2) is 4.79 Å². The SMILES string of the molecule is CC(C)CN=C(N)NCCn1c(=O)[nH]c2ccccc21.I. The molecule has 116 valence electrons. The van der Waals surface area contributed by atoms with Crippen LogP contribution in [0.4, 0.5) is 0 Å². The number of para-hydroxylation sites is 2. The van der Waals surface area contributed by atoms with Gasteiger partial charge in [0.1, 0.15) is 0 Å². The fourth-order valence-corrected chi connectivity index (χ4v) is 1.96. The largest absolute Gasteiger partial charge is 0.370 e. The first kappa shape index (κ1) is 17.5. The van der Waals surface area contributed by atoms with Gasteiger partial charge in [-0.2, -0.15) is 0 Å². The van der Waals surface area contributed by atoms with E-state index in [1.54, 1.807) is 4.57 Å². The minimum Gasteiger partial charge on any atom is -0.370 e. The summed E-state index contributed by atoms with van der Waals surface area (Å²) >= 11 is 0. The molecule has 21 heavy (non-hydrogen) atoms. The number of nitrogens with one attached hydrogen (secondary N) is 2. The molecule has 0 spiro atoms. The zero-order chi connectivity index (χ0) is 14.5. The molecule has 1 aromatic carbocycles. The number of nitrogens with two attached hydrogens (primary N) is 1. The maximum Gasteiger partial charge on any atom is 0.326 e. The number of H-pyrrole nitrogens is 1. The number of hydrogen-bond donors (Lipinski definition) is 3. The number of benzene rings is 1. The molecule has 0 amide bonds. The Morgan fingerprint density at radius 2 is 2.14 bits per heavy atom. The van der Waals surface area contributed by atoms with Crippen molar-refractivity contribution in [1.82, 2.24) is 14.9 Å². The molecule has 0 fully saturated rings. The van der Waals surface area contributed by atoms with E-state index in [0.717, 1.165) is 11.0 Å². The lowest BCUT2D eigenvalue weighted by atomic mass is 10.2. The number of aliphatic imine (C=N–C) groups is 1. The van der Waals surface area contributed by atoms with Gasteiger partial charge in [0.05, 0.1) is 11.0 Å². The Balaban J connectivity index is 0.00000220. The van der Waals surface area contributed by atoms with E-state index in [-0.39, 0.29) is 29.7 Å². The lowest BCUT2D eigenvalue weighted by Gasteiger charge is -2.07. The van der Waals surface area contributed by atoms with E-state index in [4.69, 9.17) is 5.73 Å². The molecule has 2 rings (SSSR count). The highest BCUT2D eigenvalue weighted by Gasteiger charge is 2.05. The van der Waals surface area contributed by atoms with Crippen LogP contribution >= 0.6 is 24.0 Å². The van der Waals surface area contributed by atoms with Crippen LogP contribution < -0.4 is 16.7 Å². The first-order valence-corrected chi connectivity index (χ1v) is 6.79. The minimum absolute atomic E-state index is 0. The number of fused-ring (bicyclic) bond motifs is 1. The number of aromatic amines is 1. The number of rotatable bonds is 5. The van der Waals surface area contributed by atoms with Gasteiger partial charge in [0, 0.05) is 19.6 Å². The van der Waals surface area contributed by atoms with Crippen molar-refractivity contribution in [3.05, 3.63) is 34.7 Å². The smallest absolute Gasteiger partial charge is 0.326 e. The van der Waals surface area contributed by atoms with Crippen molar-refractivity contribution in [2.24, 2.45) is 16.6 Å². The van der Waals surface area contributed by atoms with Gasteiger partial charge in [-0.15, -0.1) is 24.0 Å². The second-order valence-corrected chi connectivity index (χ2v) is 5.15. The molecule has 4 N–H and O–H groups in total. The molecule has 0 saturated carbocycles. The maximum atomic E-state index is 11.8. The number of guanidine groups is 1. The van der Waals surface area contributed by atoms with Crippen molar-refractivity contribution in [3.63, 3.8) is 0 Å². The average Bonchev–Trinajstić information content (AvgIpc) is 2.73. The summed E-state index contributed by atoms with van der Waals surface area (Å²) in [7, 11) is 0. The Morgan fingerprint density at radius 3 is 2.86 bits per heavy atom. The van der Waals surface area contributed by atoms with Crippen molar-refractivity contribution in [3.8, 4) is 0 Å². The average molecular weight is 403 g/mol. The van der Waals surface area contributed by atoms with Crippen molar-refractivity contribution < 1.29 is 0 Å². The summed E-state index contributed by atoms with van der Waals surface area (Å²) in [5.41, 5.74) is 7.40. The van der Waals surface area contributed by atoms with Gasteiger partial charge in [-0.3, -0.25) is 9.56 Å². The van der Waals surface area contributed by atoms with Crippen molar-refractivity contribution in [2.45, 2.75) is 20.4 Å². The van der Waals surface area contributed by atoms with Gasteiger partial charge in [0.15, 0.2) is 5.96 Å². The highest BCUT2D eigenvalue weighted by atomic mass is 127. The fourth-order valence-electron chi connectivity index (χ4n) is 1.96.